The summed E-state index contributed by atoms with van der Waals surface area (Å²) in [7, 11) is 2.01. The largest absolute Gasteiger partial charge is 0.345 e. The minimum atomic E-state index is 0.273. The first-order valence-electron chi connectivity index (χ1n) is 6.01. The molecular weight excluding hydrogens is 230 g/mol. The van der Waals surface area contributed by atoms with Gasteiger partial charge in [-0.1, -0.05) is 6.07 Å². The van der Waals surface area contributed by atoms with E-state index in [4.69, 9.17) is 4.98 Å². The Morgan fingerprint density at radius 3 is 2.94 bits per heavy atom. The topological polar surface area (TPSA) is 40.7 Å². The number of likely N-dealkylation sites (N-methyl/N-ethyl adjacent to an activating group) is 1. The summed E-state index contributed by atoms with van der Waals surface area (Å²) in [5.74, 6) is 1.16. The molecule has 17 heavy (non-hydrogen) atoms. The second-order valence-electron chi connectivity index (χ2n) is 4.85. The molecule has 0 radical (unpaired) electrons. The molecule has 3 nitrogen and oxygen atoms in total. The van der Waals surface area contributed by atoms with Crippen LogP contribution in [0.5, 0.6) is 0 Å². The quantitative estimate of drug-likeness (QED) is 0.872. The van der Waals surface area contributed by atoms with E-state index in [-0.39, 0.29) is 5.41 Å². The first-order valence-corrected chi connectivity index (χ1v) is 6.89. The Labute approximate surface area is 105 Å². The molecule has 0 saturated heterocycles. The SMILES string of the molecule is CNCC1(c2nc(-c3cccs3)c(C)[nH]2)CC1. The van der Waals surface area contributed by atoms with Crippen LogP contribution in [0.25, 0.3) is 10.6 Å². The number of hydrogen-bond donors (Lipinski definition) is 2. The number of hydrogen-bond acceptors (Lipinski definition) is 3. The van der Waals surface area contributed by atoms with Gasteiger partial charge in [-0.05, 0) is 38.3 Å². The van der Waals surface area contributed by atoms with Gasteiger partial charge in [0, 0.05) is 17.7 Å². The second-order valence-corrected chi connectivity index (χ2v) is 5.79. The lowest BCUT2D eigenvalue weighted by Gasteiger charge is -2.10. The van der Waals surface area contributed by atoms with Gasteiger partial charge in [-0.25, -0.2) is 4.98 Å². The average molecular weight is 247 g/mol. The molecule has 0 spiro atoms. The Balaban J connectivity index is 1.97. The van der Waals surface area contributed by atoms with E-state index in [0.29, 0.717) is 0 Å². The van der Waals surface area contributed by atoms with Crippen molar-refractivity contribution in [3.05, 3.63) is 29.0 Å². The number of imidazole rings is 1. The molecule has 2 heterocycles. The molecule has 1 saturated carbocycles. The fourth-order valence-corrected chi connectivity index (χ4v) is 3.12. The van der Waals surface area contributed by atoms with E-state index < -0.39 is 0 Å². The number of rotatable bonds is 4. The molecule has 2 aromatic rings. The van der Waals surface area contributed by atoms with E-state index in [9.17, 15) is 0 Å². The highest BCUT2D eigenvalue weighted by Gasteiger charge is 2.46. The fourth-order valence-electron chi connectivity index (χ4n) is 2.35. The number of thiophene rings is 1. The van der Waals surface area contributed by atoms with E-state index >= 15 is 0 Å². The molecule has 3 rings (SSSR count). The van der Waals surface area contributed by atoms with E-state index in [1.165, 1.54) is 23.4 Å². The van der Waals surface area contributed by atoms with E-state index in [0.717, 1.165) is 18.1 Å². The summed E-state index contributed by atoms with van der Waals surface area (Å²) >= 11 is 1.75. The Bertz CT molecular complexity index is 509. The first kappa shape index (κ1) is 11.0. The third kappa shape index (κ3) is 1.81. The van der Waals surface area contributed by atoms with Crippen LogP contribution in [0.1, 0.15) is 24.4 Å². The van der Waals surface area contributed by atoms with Crippen LogP contribution < -0.4 is 5.32 Å². The summed E-state index contributed by atoms with van der Waals surface area (Å²) < 4.78 is 0. The maximum absolute atomic E-state index is 4.82. The highest BCUT2D eigenvalue weighted by molar-refractivity contribution is 7.13. The minimum Gasteiger partial charge on any atom is -0.345 e. The predicted molar refractivity (Wildman–Crippen MR) is 71.5 cm³/mol. The van der Waals surface area contributed by atoms with Crippen molar-refractivity contribution in [1.82, 2.24) is 15.3 Å². The Hall–Kier alpha value is -1.13. The summed E-state index contributed by atoms with van der Waals surface area (Å²) in [6.07, 6.45) is 2.48. The van der Waals surface area contributed by atoms with E-state index in [2.05, 4.69) is 34.7 Å². The number of aromatic nitrogens is 2. The Morgan fingerprint density at radius 2 is 2.35 bits per heavy atom. The molecule has 0 bridgehead atoms. The van der Waals surface area contributed by atoms with E-state index in [1.54, 1.807) is 11.3 Å². The summed E-state index contributed by atoms with van der Waals surface area (Å²) in [6, 6.07) is 4.21. The van der Waals surface area contributed by atoms with Crippen molar-refractivity contribution in [1.29, 1.82) is 0 Å². The molecule has 90 valence electrons. The van der Waals surface area contributed by atoms with Crippen LogP contribution in [0.15, 0.2) is 17.5 Å². The van der Waals surface area contributed by atoms with Gasteiger partial charge in [-0.3, -0.25) is 0 Å². The van der Waals surface area contributed by atoms with Gasteiger partial charge in [0.25, 0.3) is 0 Å². The lowest BCUT2D eigenvalue weighted by molar-refractivity contribution is 0.593. The second kappa shape index (κ2) is 3.96. The third-order valence-corrected chi connectivity index (χ3v) is 4.39. The van der Waals surface area contributed by atoms with Gasteiger partial charge >= 0.3 is 0 Å². The van der Waals surface area contributed by atoms with Gasteiger partial charge in [0.2, 0.25) is 0 Å². The van der Waals surface area contributed by atoms with Crippen molar-refractivity contribution in [3.63, 3.8) is 0 Å². The summed E-state index contributed by atoms with van der Waals surface area (Å²) in [6.45, 7) is 3.13. The maximum atomic E-state index is 4.82. The number of H-pyrrole nitrogens is 1. The zero-order chi connectivity index (χ0) is 11.9. The van der Waals surface area contributed by atoms with Gasteiger partial charge in [0.05, 0.1) is 4.88 Å². The van der Waals surface area contributed by atoms with Gasteiger partial charge in [-0.2, -0.15) is 0 Å². The van der Waals surface area contributed by atoms with Crippen molar-refractivity contribution in [3.8, 4) is 10.6 Å². The molecule has 1 fully saturated rings. The molecule has 1 aliphatic rings. The van der Waals surface area contributed by atoms with Crippen LogP contribution in [-0.2, 0) is 5.41 Å². The molecule has 0 aromatic carbocycles. The zero-order valence-corrected chi connectivity index (χ0v) is 11.0. The molecular formula is C13H17N3S. The molecule has 2 aromatic heterocycles. The van der Waals surface area contributed by atoms with Crippen molar-refractivity contribution < 1.29 is 0 Å². The standard InChI is InChI=1S/C13H17N3S/c1-9-11(10-4-3-7-17-10)16-12(15-9)13(5-6-13)8-14-2/h3-4,7,14H,5-6,8H2,1-2H3,(H,15,16). The molecule has 1 aliphatic carbocycles. The molecule has 0 amide bonds. The van der Waals surface area contributed by atoms with Crippen molar-refractivity contribution in [2.75, 3.05) is 13.6 Å². The molecule has 2 N–H and O–H groups in total. The predicted octanol–water partition coefficient (Wildman–Crippen LogP) is 2.70. The van der Waals surface area contributed by atoms with Crippen LogP contribution in [0, 0.1) is 6.92 Å². The van der Waals surface area contributed by atoms with Gasteiger partial charge in [-0.15, -0.1) is 11.3 Å². The van der Waals surface area contributed by atoms with Crippen LogP contribution in [0.3, 0.4) is 0 Å². The number of nitrogens with zero attached hydrogens (tertiary/aromatic N) is 1. The van der Waals surface area contributed by atoms with Gasteiger partial charge in [0.1, 0.15) is 11.5 Å². The zero-order valence-electron chi connectivity index (χ0n) is 10.2. The lowest BCUT2D eigenvalue weighted by Crippen LogP contribution is -2.24. The first-order chi connectivity index (χ1) is 8.25. The van der Waals surface area contributed by atoms with Crippen molar-refractivity contribution in [2.45, 2.75) is 25.2 Å². The van der Waals surface area contributed by atoms with Crippen molar-refractivity contribution in [2.24, 2.45) is 0 Å². The summed E-state index contributed by atoms with van der Waals surface area (Å²) in [5, 5.41) is 5.38. The molecule has 0 aliphatic heterocycles. The Kier molecular flexibility index (Phi) is 2.56. The van der Waals surface area contributed by atoms with Gasteiger partial charge < -0.3 is 10.3 Å². The smallest absolute Gasteiger partial charge is 0.114 e. The van der Waals surface area contributed by atoms with Gasteiger partial charge in [0.15, 0.2) is 0 Å². The number of aromatic amines is 1. The molecule has 0 atom stereocenters. The molecule has 4 heteroatoms. The number of aryl methyl sites for hydroxylation is 1. The average Bonchev–Trinajstić information content (AvgIpc) is 2.78. The summed E-state index contributed by atoms with van der Waals surface area (Å²) in [5.41, 5.74) is 2.58. The van der Waals surface area contributed by atoms with Crippen molar-refractivity contribution >= 4 is 11.3 Å². The normalized spacial score (nSPS) is 17.3. The van der Waals surface area contributed by atoms with E-state index in [1.807, 2.05) is 7.05 Å². The lowest BCUT2D eigenvalue weighted by atomic mass is 10.1. The Morgan fingerprint density at radius 1 is 1.53 bits per heavy atom. The van der Waals surface area contributed by atoms with Crippen LogP contribution in [-0.4, -0.2) is 23.6 Å². The van der Waals surface area contributed by atoms with Crippen LogP contribution >= 0.6 is 11.3 Å². The highest BCUT2D eigenvalue weighted by atomic mass is 32.1. The molecule has 0 unspecified atom stereocenters. The van der Waals surface area contributed by atoms with Crippen LogP contribution in [0.4, 0.5) is 0 Å². The number of nitrogens with one attached hydrogen (secondary N) is 2. The fraction of sp³-hybridized carbons (Fsp3) is 0.462. The highest BCUT2D eigenvalue weighted by Crippen LogP contribution is 2.47. The monoisotopic (exact) mass is 247 g/mol. The maximum Gasteiger partial charge on any atom is 0.114 e. The summed E-state index contributed by atoms with van der Waals surface area (Å²) in [4.78, 5) is 9.55. The minimum absolute atomic E-state index is 0.273. The third-order valence-electron chi connectivity index (χ3n) is 3.51. The van der Waals surface area contributed by atoms with Crippen LogP contribution in [0.2, 0.25) is 0 Å².